The van der Waals surface area contributed by atoms with E-state index in [1.54, 1.807) is 48.5 Å². The molecule has 0 spiro atoms. The van der Waals surface area contributed by atoms with Crippen molar-refractivity contribution in [3.8, 4) is 17.2 Å². The lowest BCUT2D eigenvalue weighted by atomic mass is 9.99. The second-order valence-electron chi connectivity index (χ2n) is 7.57. The van der Waals surface area contributed by atoms with Crippen molar-refractivity contribution in [1.29, 1.82) is 5.26 Å². The van der Waals surface area contributed by atoms with Crippen LogP contribution in [-0.2, 0) is 6.18 Å². The van der Waals surface area contributed by atoms with Crippen LogP contribution in [0.1, 0.15) is 11.1 Å². The molecule has 8 heteroatoms. The van der Waals surface area contributed by atoms with E-state index in [1.165, 1.54) is 22.7 Å². The molecule has 0 fully saturated rings. The predicted molar refractivity (Wildman–Crippen MR) is 124 cm³/mol. The van der Waals surface area contributed by atoms with Crippen LogP contribution in [0.15, 0.2) is 83.7 Å². The number of hydrogen-bond acceptors (Lipinski definition) is 4. The van der Waals surface area contributed by atoms with E-state index < -0.39 is 17.3 Å². The molecule has 3 aromatic carbocycles. The Morgan fingerprint density at radius 2 is 1.62 bits per heavy atom. The predicted octanol–water partition coefficient (Wildman–Crippen LogP) is 4.97. The number of fused-ring (bicyclic) bond motifs is 3. The molecule has 0 atom stereocenters. The summed E-state index contributed by atoms with van der Waals surface area (Å²) in [5.74, 6) is 0. The first-order chi connectivity index (χ1) is 16.4. The van der Waals surface area contributed by atoms with Crippen LogP contribution in [0.2, 0.25) is 0 Å². The van der Waals surface area contributed by atoms with Gasteiger partial charge in [-0.05, 0) is 42.0 Å². The SMILES string of the molecule is N#Cc1c(-c2ccccc2)/c(=C\Nc2ccc(C(F)(F)F)cc2)c(=O)n2c1nc1ccccc12. The van der Waals surface area contributed by atoms with Crippen LogP contribution >= 0.6 is 0 Å². The van der Waals surface area contributed by atoms with E-state index in [-0.39, 0.29) is 16.4 Å². The minimum Gasteiger partial charge on any atom is -0.361 e. The number of nitriles is 1. The fourth-order valence-corrected chi connectivity index (χ4v) is 3.93. The highest BCUT2D eigenvalue weighted by molar-refractivity contribution is 5.87. The topological polar surface area (TPSA) is 70.2 Å². The molecule has 0 saturated heterocycles. The first-order valence-electron chi connectivity index (χ1n) is 10.2. The number of para-hydroxylation sites is 2. The second-order valence-corrected chi connectivity index (χ2v) is 7.57. The van der Waals surface area contributed by atoms with Crippen molar-refractivity contribution >= 4 is 28.6 Å². The summed E-state index contributed by atoms with van der Waals surface area (Å²) in [6.45, 7) is 0. The molecule has 0 saturated carbocycles. The van der Waals surface area contributed by atoms with Gasteiger partial charge in [-0.25, -0.2) is 4.98 Å². The smallest absolute Gasteiger partial charge is 0.361 e. The number of anilines is 1. The molecule has 0 aliphatic rings. The van der Waals surface area contributed by atoms with E-state index in [4.69, 9.17) is 0 Å². The Morgan fingerprint density at radius 1 is 0.941 bits per heavy atom. The quantitative estimate of drug-likeness (QED) is 0.416. The molecule has 2 aromatic heterocycles. The maximum atomic E-state index is 13.7. The van der Waals surface area contributed by atoms with Gasteiger partial charge in [-0.3, -0.25) is 9.20 Å². The molecule has 0 unspecified atom stereocenters. The van der Waals surface area contributed by atoms with Crippen LogP contribution in [-0.4, -0.2) is 9.38 Å². The Bertz CT molecular complexity index is 1680. The molecule has 166 valence electrons. The van der Waals surface area contributed by atoms with Gasteiger partial charge in [-0.2, -0.15) is 18.4 Å². The van der Waals surface area contributed by atoms with Gasteiger partial charge in [0.05, 0.1) is 21.8 Å². The van der Waals surface area contributed by atoms with Crippen LogP contribution in [0.4, 0.5) is 18.9 Å². The standard InChI is InChI=1S/C26H15F3N4O/c27-26(28,29)17-10-12-18(13-11-17)31-15-20-23(16-6-2-1-3-7-16)19(14-30)24-32-21-8-4-5-9-22(21)33(24)25(20)34/h1-13,15,31H/b20-15+. The zero-order valence-electron chi connectivity index (χ0n) is 17.5. The van der Waals surface area contributed by atoms with Crippen molar-refractivity contribution in [2.24, 2.45) is 0 Å². The van der Waals surface area contributed by atoms with Gasteiger partial charge < -0.3 is 5.32 Å². The number of hydrogen-bond donors (Lipinski definition) is 1. The van der Waals surface area contributed by atoms with Gasteiger partial charge in [0.15, 0.2) is 5.65 Å². The van der Waals surface area contributed by atoms with Crippen molar-refractivity contribution in [2.45, 2.75) is 6.18 Å². The Balaban J connectivity index is 1.79. The van der Waals surface area contributed by atoms with E-state index in [0.717, 1.165) is 12.1 Å². The molecule has 2 heterocycles. The average Bonchev–Trinajstić information content (AvgIpc) is 3.23. The number of halogens is 3. The summed E-state index contributed by atoms with van der Waals surface area (Å²) in [6.07, 6.45) is -3.03. The van der Waals surface area contributed by atoms with Crippen LogP contribution in [0, 0.1) is 11.3 Å². The van der Waals surface area contributed by atoms with Gasteiger partial charge in [-0.15, -0.1) is 0 Å². The molecule has 5 aromatic rings. The minimum absolute atomic E-state index is 0.193. The van der Waals surface area contributed by atoms with Crippen molar-refractivity contribution < 1.29 is 13.2 Å². The highest BCUT2D eigenvalue weighted by atomic mass is 19.4. The van der Waals surface area contributed by atoms with Crippen LogP contribution in [0.3, 0.4) is 0 Å². The van der Waals surface area contributed by atoms with Crippen LogP contribution in [0.5, 0.6) is 0 Å². The number of nitrogens with zero attached hydrogens (tertiary/aromatic N) is 3. The molecule has 0 aliphatic heterocycles. The van der Waals surface area contributed by atoms with Crippen molar-refractivity contribution in [3.05, 3.63) is 106 Å². The third kappa shape index (κ3) is 3.53. The number of pyridine rings is 1. The normalized spacial score (nSPS) is 12.2. The fourth-order valence-electron chi connectivity index (χ4n) is 3.93. The first kappa shape index (κ1) is 21.2. The number of alkyl halides is 3. The van der Waals surface area contributed by atoms with E-state index >= 15 is 0 Å². The summed E-state index contributed by atoms with van der Waals surface area (Å²) in [4.78, 5) is 18.2. The zero-order valence-corrected chi connectivity index (χ0v) is 17.5. The number of rotatable bonds is 3. The molecule has 0 radical (unpaired) electrons. The van der Waals surface area contributed by atoms with Gasteiger partial charge in [0.1, 0.15) is 11.6 Å². The van der Waals surface area contributed by atoms with E-state index in [1.807, 2.05) is 6.07 Å². The van der Waals surface area contributed by atoms with Gasteiger partial charge in [0.25, 0.3) is 5.56 Å². The summed E-state index contributed by atoms with van der Waals surface area (Å²) in [7, 11) is 0. The summed E-state index contributed by atoms with van der Waals surface area (Å²) >= 11 is 0. The minimum atomic E-state index is -4.44. The third-order valence-electron chi connectivity index (χ3n) is 5.51. The lowest BCUT2D eigenvalue weighted by Crippen LogP contribution is -2.34. The number of aromatic nitrogens is 2. The van der Waals surface area contributed by atoms with Crippen molar-refractivity contribution in [1.82, 2.24) is 9.38 Å². The van der Waals surface area contributed by atoms with Gasteiger partial charge >= 0.3 is 6.18 Å². The van der Waals surface area contributed by atoms with E-state index in [0.29, 0.717) is 27.8 Å². The summed E-state index contributed by atoms with van der Waals surface area (Å²) < 4.78 is 40.0. The van der Waals surface area contributed by atoms with Crippen LogP contribution in [0.25, 0.3) is 34.0 Å². The number of benzene rings is 3. The Labute approximate surface area is 191 Å². The van der Waals surface area contributed by atoms with Crippen molar-refractivity contribution in [3.63, 3.8) is 0 Å². The lowest BCUT2D eigenvalue weighted by molar-refractivity contribution is -0.137. The summed E-state index contributed by atoms with van der Waals surface area (Å²) in [5, 5.41) is 13.2. The molecular weight excluding hydrogens is 441 g/mol. The Kier molecular flexibility index (Phi) is 5.02. The molecule has 5 rings (SSSR count). The molecular formula is C26H15F3N4O. The van der Waals surface area contributed by atoms with Gasteiger partial charge in [-0.1, -0.05) is 42.5 Å². The zero-order chi connectivity index (χ0) is 23.9. The molecule has 0 aliphatic carbocycles. The van der Waals surface area contributed by atoms with E-state index in [2.05, 4.69) is 16.4 Å². The highest BCUT2D eigenvalue weighted by Crippen LogP contribution is 2.30. The molecule has 5 nitrogen and oxygen atoms in total. The second kappa shape index (κ2) is 8.05. The highest BCUT2D eigenvalue weighted by Gasteiger charge is 2.29. The Hall–Kier alpha value is -4.64. The molecule has 0 amide bonds. The van der Waals surface area contributed by atoms with Crippen molar-refractivity contribution in [2.75, 3.05) is 5.32 Å². The Morgan fingerprint density at radius 3 is 2.29 bits per heavy atom. The summed E-state index contributed by atoms with van der Waals surface area (Å²) in [6, 6.07) is 22.7. The maximum Gasteiger partial charge on any atom is 0.416 e. The number of imidazole rings is 1. The third-order valence-corrected chi connectivity index (χ3v) is 5.51. The molecule has 34 heavy (non-hydrogen) atoms. The maximum absolute atomic E-state index is 13.7. The first-order valence-corrected chi connectivity index (χ1v) is 10.2. The van der Waals surface area contributed by atoms with E-state index in [9.17, 15) is 23.2 Å². The summed E-state index contributed by atoms with van der Waals surface area (Å²) in [5.41, 5.74) is 1.83. The number of nitrogens with one attached hydrogen (secondary N) is 1. The molecule has 0 bridgehead atoms. The van der Waals surface area contributed by atoms with Crippen LogP contribution < -0.4 is 16.1 Å². The monoisotopic (exact) mass is 456 g/mol. The lowest BCUT2D eigenvalue weighted by Gasteiger charge is -2.09. The van der Waals surface area contributed by atoms with Gasteiger partial charge in [0, 0.05) is 17.5 Å². The fraction of sp³-hybridized carbons (Fsp3) is 0.0385. The molecule has 1 N–H and O–H groups in total. The average molecular weight is 456 g/mol. The van der Waals surface area contributed by atoms with Gasteiger partial charge in [0.2, 0.25) is 0 Å². The largest absolute Gasteiger partial charge is 0.416 e.